The molecule has 1 aromatic carbocycles. The molecule has 0 aromatic heterocycles. The predicted octanol–water partition coefficient (Wildman–Crippen LogP) is 2.89. The maximum atomic E-state index is 12.9. The van der Waals surface area contributed by atoms with Crippen molar-refractivity contribution in [2.45, 2.75) is 32.4 Å². The Bertz CT molecular complexity index is 357. The van der Waals surface area contributed by atoms with Crippen molar-refractivity contribution in [1.29, 1.82) is 0 Å². The molecule has 0 bridgehead atoms. The molecule has 0 saturated carbocycles. The molecule has 1 aromatic rings. The summed E-state index contributed by atoms with van der Waals surface area (Å²) >= 11 is 5.64. The zero-order valence-corrected chi connectivity index (χ0v) is 10.2. The molecule has 0 aliphatic carbocycles. The minimum atomic E-state index is -0.805. The third kappa shape index (κ3) is 3.44. The fourth-order valence-electron chi connectivity index (χ4n) is 1.62. The fraction of sp³-hybridized carbons (Fsp3) is 0.500. The number of hydrogen-bond donors (Lipinski definition) is 2. The van der Waals surface area contributed by atoms with Crippen molar-refractivity contribution in [3.05, 3.63) is 34.6 Å². The number of nitrogens with two attached hydrogens (primary N) is 1. The second-order valence-electron chi connectivity index (χ2n) is 4.41. The largest absolute Gasteiger partial charge is 0.387 e. The highest BCUT2D eigenvalue weighted by molar-refractivity contribution is 6.30. The van der Waals surface area contributed by atoms with Gasteiger partial charge < -0.3 is 10.8 Å². The Morgan fingerprint density at radius 1 is 1.44 bits per heavy atom. The van der Waals surface area contributed by atoms with E-state index >= 15 is 0 Å². The quantitative estimate of drug-likeness (QED) is 0.857. The van der Waals surface area contributed by atoms with Crippen LogP contribution in [0.3, 0.4) is 0 Å². The van der Waals surface area contributed by atoms with E-state index in [1.54, 1.807) is 0 Å². The van der Waals surface area contributed by atoms with Gasteiger partial charge >= 0.3 is 0 Å². The molecule has 2 atom stereocenters. The van der Waals surface area contributed by atoms with Crippen molar-refractivity contribution < 1.29 is 9.50 Å². The molecule has 0 aliphatic rings. The lowest BCUT2D eigenvalue weighted by atomic mass is 9.95. The Morgan fingerprint density at radius 3 is 2.56 bits per heavy atom. The minimum absolute atomic E-state index is 0.00768. The van der Waals surface area contributed by atoms with E-state index in [1.807, 2.05) is 13.8 Å². The van der Waals surface area contributed by atoms with Gasteiger partial charge in [-0.3, -0.25) is 0 Å². The van der Waals surface area contributed by atoms with Gasteiger partial charge in [-0.15, -0.1) is 0 Å². The summed E-state index contributed by atoms with van der Waals surface area (Å²) in [7, 11) is 0. The first kappa shape index (κ1) is 13.4. The molecule has 0 radical (unpaired) electrons. The monoisotopic (exact) mass is 245 g/mol. The molecule has 2 unspecified atom stereocenters. The average molecular weight is 246 g/mol. The Balaban J connectivity index is 2.79. The van der Waals surface area contributed by atoms with Gasteiger partial charge in [0.2, 0.25) is 0 Å². The average Bonchev–Trinajstić information content (AvgIpc) is 2.20. The van der Waals surface area contributed by atoms with E-state index in [0.29, 0.717) is 17.9 Å². The van der Waals surface area contributed by atoms with Gasteiger partial charge in [0.15, 0.2) is 0 Å². The van der Waals surface area contributed by atoms with Gasteiger partial charge in [0, 0.05) is 6.04 Å². The molecule has 1 rings (SSSR count). The molecule has 0 spiro atoms. The molecule has 4 heteroatoms. The van der Waals surface area contributed by atoms with Crippen LogP contribution in [0.25, 0.3) is 0 Å². The first-order chi connectivity index (χ1) is 7.41. The second-order valence-corrected chi connectivity index (χ2v) is 4.82. The summed E-state index contributed by atoms with van der Waals surface area (Å²) in [6.45, 7) is 4.06. The lowest BCUT2D eigenvalue weighted by Crippen LogP contribution is -2.29. The molecular weight excluding hydrogens is 229 g/mol. The summed E-state index contributed by atoms with van der Waals surface area (Å²) in [4.78, 5) is 0. The third-order valence-electron chi connectivity index (χ3n) is 2.43. The van der Waals surface area contributed by atoms with Crippen LogP contribution in [0.2, 0.25) is 5.02 Å². The van der Waals surface area contributed by atoms with Crippen LogP contribution in [0.15, 0.2) is 18.2 Å². The van der Waals surface area contributed by atoms with Crippen LogP contribution in [-0.4, -0.2) is 11.1 Å². The molecule has 16 heavy (non-hydrogen) atoms. The molecule has 0 saturated heterocycles. The number of benzene rings is 1. The van der Waals surface area contributed by atoms with Crippen LogP contribution in [-0.2, 0) is 0 Å². The van der Waals surface area contributed by atoms with Crippen LogP contribution >= 0.6 is 11.6 Å². The number of aliphatic hydroxyl groups is 1. The van der Waals surface area contributed by atoms with Crippen molar-refractivity contribution in [2.24, 2.45) is 11.7 Å². The zero-order valence-electron chi connectivity index (χ0n) is 9.45. The molecule has 3 N–H and O–H groups in total. The normalized spacial score (nSPS) is 15.2. The second kappa shape index (κ2) is 5.62. The van der Waals surface area contributed by atoms with Crippen LogP contribution in [0.4, 0.5) is 4.39 Å². The highest BCUT2D eigenvalue weighted by Gasteiger charge is 2.18. The third-order valence-corrected chi connectivity index (χ3v) is 2.72. The van der Waals surface area contributed by atoms with Crippen molar-refractivity contribution in [1.82, 2.24) is 0 Å². The van der Waals surface area contributed by atoms with Gasteiger partial charge in [-0.1, -0.05) is 31.5 Å². The maximum Gasteiger partial charge on any atom is 0.141 e. The van der Waals surface area contributed by atoms with Gasteiger partial charge in [0.1, 0.15) is 5.82 Å². The lowest BCUT2D eigenvalue weighted by Gasteiger charge is -2.21. The van der Waals surface area contributed by atoms with E-state index in [2.05, 4.69) is 0 Å². The number of halogens is 2. The molecule has 2 nitrogen and oxygen atoms in total. The smallest absolute Gasteiger partial charge is 0.141 e. The molecule has 90 valence electrons. The summed E-state index contributed by atoms with van der Waals surface area (Å²) in [6.07, 6.45) is -0.101. The van der Waals surface area contributed by atoms with E-state index in [9.17, 15) is 9.50 Å². The number of hydrogen-bond acceptors (Lipinski definition) is 2. The van der Waals surface area contributed by atoms with Crippen molar-refractivity contribution in [2.75, 3.05) is 0 Å². The summed E-state index contributed by atoms with van der Waals surface area (Å²) in [5.41, 5.74) is 6.41. The van der Waals surface area contributed by atoms with Gasteiger partial charge in [0.25, 0.3) is 0 Å². The Morgan fingerprint density at radius 2 is 2.06 bits per heavy atom. The van der Waals surface area contributed by atoms with Crippen molar-refractivity contribution in [3.8, 4) is 0 Å². The van der Waals surface area contributed by atoms with E-state index in [4.69, 9.17) is 17.3 Å². The molecule has 0 aliphatic heterocycles. The highest BCUT2D eigenvalue weighted by Crippen LogP contribution is 2.24. The standard InChI is InChI=1S/C12H17ClFNO/c1-7(2)5-11(15)12(16)8-3-4-10(14)9(13)6-8/h3-4,6-7,11-12,16H,5,15H2,1-2H3. The lowest BCUT2D eigenvalue weighted by molar-refractivity contribution is 0.136. The van der Waals surface area contributed by atoms with Crippen LogP contribution in [0.5, 0.6) is 0 Å². The first-order valence-electron chi connectivity index (χ1n) is 5.30. The highest BCUT2D eigenvalue weighted by atomic mass is 35.5. The summed E-state index contributed by atoms with van der Waals surface area (Å²) in [5, 5.41) is 9.95. The molecule has 0 fully saturated rings. The van der Waals surface area contributed by atoms with E-state index in [-0.39, 0.29) is 11.1 Å². The van der Waals surface area contributed by atoms with Crippen LogP contribution < -0.4 is 5.73 Å². The summed E-state index contributed by atoms with van der Waals surface area (Å²) < 4.78 is 12.9. The maximum absolute atomic E-state index is 12.9. The van der Waals surface area contributed by atoms with Gasteiger partial charge in [-0.25, -0.2) is 4.39 Å². The Labute approximate surface area is 100 Å². The minimum Gasteiger partial charge on any atom is -0.387 e. The van der Waals surface area contributed by atoms with E-state index in [1.165, 1.54) is 18.2 Å². The Kier molecular flexibility index (Phi) is 4.71. The SMILES string of the molecule is CC(C)CC(N)C(O)c1ccc(F)c(Cl)c1. The van der Waals surface area contributed by atoms with Gasteiger partial charge in [-0.2, -0.15) is 0 Å². The van der Waals surface area contributed by atoms with Crippen LogP contribution in [0, 0.1) is 11.7 Å². The van der Waals surface area contributed by atoms with Crippen LogP contribution in [0.1, 0.15) is 31.9 Å². The zero-order chi connectivity index (χ0) is 12.3. The van der Waals surface area contributed by atoms with Gasteiger partial charge in [-0.05, 0) is 30.0 Å². The number of aliphatic hydroxyl groups excluding tert-OH is 1. The topological polar surface area (TPSA) is 46.2 Å². The first-order valence-corrected chi connectivity index (χ1v) is 5.68. The van der Waals surface area contributed by atoms with Gasteiger partial charge in [0.05, 0.1) is 11.1 Å². The van der Waals surface area contributed by atoms with E-state index in [0.717, 1.165) is 0 Å². The molecule has 0 heterocycles. The Hall–Kier alpha value is -0.640. The summed E-state index contributed by atoms with van der Waals surface area (Å²) in [6, 6.07) is 3.80. The summed E-state index contributed by atoms with van der Waals surface area (Å²) in [5.74, 6) is -0.0874. The number of rotatable bonds is 4. The molecule has 0 amide bonds. The van der Waals surface area contributed by atoms with Crippen molar-refractivity contribution in [3.63, 3.8) is 0 Å². The van der Waals surface area contributed by atoms with Crippen molar-refractivity contribution >= 4 is 11.6 Å². The van der Waals surface area contributed by atoms with E-state index < -0.39 is 11.9 Å². The predicted molar refractivity (Wildman–Crippen MR) is 63.8 cm³/mol. The fourth-order valence-corrected chi connectivity index (χ4v) is 1.81. The molecular formula is C12H17ClFNO.